The number of fused-ring (bicyclic) bond motifs is 1. The summed E-state index contributed by atoms with van der Waals surface area (Å²) in [4.78, 5) is 16.1. The van der Waals surface area contributed by atoms with Crippen molar-refractivity contribution in [1.29, 1.82) is 0 Å². The van der Waals surface area contributed by atoms with Crippen LogP contribution in [-0.4, -0.2) is 24.8 Å². The van der Waals surface area contributed by atoms with E-state index in [1.807, 2.05) is 59.1 Å². The largest absolute Gasteiger partial charge is 0.380 e. The fraction of sp³-hybridized carbons (Fsp3) is 0.316. The van der Waals surface area contributed by atoms with Gasteiger partial charge >= 0.3 is 0 Å². The molecule has 0 N–H and O–H groups in total. The lowest BCUT2D eigenvalue weighted by Gasteiger charge is -2.22. The van der Waals surface area contributed by atoms with Gasteiger partial charge in [-0.3, -0.25) is 4.79 Å². The maximum Gasteiger partial charge on any atom is 0.258 e. The number of benzene rings is 2. The summed E-state index contributed by atoms with van der Waals surface area (Å²) in [5.74, 6) is 0.0658. The molecule has 2 aromatic carbocycles. The number of para-hydroxylation sites is 1. The number of hydrogen-bond donors (Lipinski definition) is 0. The van der Waals surface area contributed by atoms with Crippen LogP contribution in [0.15, 0.2) is 53.4 Å². The Morgan fingerprint density at radius 3 is 2.70 bits per heavy atom. The second-order valence-corrected chi connectivity index (χ2v) is 7.25. The number of carbonyl (C=O) groups excluding carboxylic acids is 1. The minimum Gasteiger partial charge on any atom is -0.380 e. The predicted molar refractivity (Wildman–Crippen MR) is 95.2 cm³/mol. The molecule has 120 valence electrons. The van der Waals surface area contributed by atoms with Gasteiger partial charge in [0.05, 0.1) is 12.3 Å². The van der Waals surface area contributed by atoms with E-state index < -0.39 is 0 Å². The number of methoxy groups -OCH3 is 1. The van der Waals surface area contributed by atoms with Gasteiger partial charge in [0.15, 0.2) is 0 Å². The van der Waals surface area contributed by atoms with Crippen molar-refractivity contribution in [2.75, 3.05) is 18.6 Å². The second kappa shape index (κ2) is 7.20. The Hall–Kier alpha value is -1.78. The maximum atomic E-state index is 13.0. The van der Waals surface area contributed by atoms with Crippen LogP contribution in [0.3, 0.4) is 0 Å². The third-order valence-electron chi connectivity index (χ3n) is 4.00. The molecule has 1 unspecified atom stereocenters. The van der Waals surface area contributed by atoms with Crippen molar-refractivity contribution in [3.05, 3.63) is 59.7 Å². The van der Waals surface area contributed by atoms with E-state index in [4.69, 9.17) is 4.74 Å². The van der Waals surface area contributed by atoms with Crippen molar-refractivity contribution >= 4 is 23.4 Å². The first kappa shape index (κ1) is 16.1. The second-order valence-electron chi connectivity index (χ2n) is 5.77. The third-order valence-corrected chi connectivity index (χ3v) is 5.24. The Labute approximate surface area is 141 Å². The van der Waals surface area contributed by atoms with Gasteiger partial charge in [0.25, 0.3) is 5.91 Å². The van der Waals surface area contributed by atoms with Gasteiger partial charge in [0.1, 0.15) is 0 Å². The van der Waals surface area contributed by atoms with Crippen LogP contribution in [0.25, 0.3) is 0 Å². The lowest BCUT2D eigenvalue weighted by Crippen LogP contribution is -2.32. The van der Waals surface area contributed by atoms with E-state index in [9.17, 15) is 4.79 Å². The van der Waals surface area contributed by atoms with Crippen LogP contribution in [-0.2, 0) is 11.3 Å². The average molecular weight is 327 g/mol. The highest BCUT2D eigenvalue weighted by atomic mass is 32.2. The summed E-state index contributed by atoms with van der Waals surface area (Å²) in [6.07, 6.45) is 0.993. The Kier molecular flexibility index (Phi) is 5.03. The Bertz CT molecular complexity index is 684. The molecule has 1 amide bonds. The Morgan fingerprint density at radius 1 is 1.22 bits per heavy atom. The zero-order chi connectivity index (χ0) is 16.2. The first-order valence-corrected chi connectivity index (χ1v) is 8.72. The van der Waals surface area contributed by atoms with E-state index in [0.717, 1.165) is 29.8 Å². The highest BCUT2D eigenvalue weighted by Gasteiger charge is 2.24. The first-order valence-electron chi connectivity index (χ1n) is 7.84. The summed E-state index contributed by atoms with van der Waals surface area (Å²) < 4.78 is 5.12. The van der Waals surface area contributed by atoms with E-state index in [1.54, 1.807) is 7.11 Å². The smallest absolute Gasteiger partial charge is 0.258 e. The fourth-order valence-electron chi connectivity index (χ4n) is 2.76. The van der Waals surface area contributed by atoms with E-state index in [-0.39, 0.29) is 5.91 Å². The molecule has 3 nitrogen and oxygen atoms in total. The van der Waals surface area contributed by atoms with Crippen molar-refractivity contribution in [2.24, 2.45) is 0 Å². The quantitative estimate of drug-likeness (QED) is 0.838. The zero-order valence-corrected chi connectivity index (χ0v) is 14.3. The van der Waals surface area contributed by atoms with Crippen LogP contribution >= 0.6 is 11.8 Å². The minimum absolute atomic E-state index is 0.0658. The van der Waals surface area contributed by atoms with Gasteiger partial charge in [-0.1, -0.05) is 31.2 Å². The van der Waals surface area contributed by atoms with Crippen LogP contribution in [0.4, 0.5) is 5.69 Å². The number of thioether (sulfide) groups is 1. The molecule has 0 fully saturated rings. The highest BCUT2D eigenvalue weighted by Crippen LogP contribution is 2.37. The standard InChI is InChI=1S/C19H21NO2S/c1-14-11-12-20(17-5-3-4-6-18(17)23-14)19(21)16-9-7-15(8-10-16)13-22-2/h3-10,14H,11-13H2,1-2H3. The minimum atomic E-state index is 0.0658. The summed E-state index contributed by atoms with van der Waals surface area (Å²) in [7, 11) is 1.67. The molecule has 0 bridgehead atoms. The Balaban J connectivity index is 1.89. The van der Waals surface area contributed by atoms with E-state index >= 15 is 0 Å². The van der Waals surface area contributed by atoms with E-state index in [0.29, 0.717) is 11.9 Å². The Morgan fingerprint density at radius 2 is 1.96 bits per heavy atom. The number of hydrogen-bond acceptors (Lipinski definition) is 3. The fourth-order valence-corrected chi connectivity index (χ4v) is 3.88. The van der Waals surface area contributed by atoms with E-state index in [2.05, 4.69) is 13.0 Å². The van der Waals surface area contributed by atoms with Gasteiger partial charge in [-0.25, -0.2) is 0 Å². The zero-order valence-electron chi connectivity index (χ0n) is 13.5. The van der Waals surface area contributed by atoms with Crippen LogP contribution in [0.1, 0.15) is 29.3 Å². The molecule has 0 saturated carbocycles. The van der Waals surface area contributed by atoms with Crippen molar-refractivity contribution < 1.29 is 9.53 Å². The number of anilines is 1. The van der Waals surface area contributed by atoms with Crippen LogP contribution in [0.2, 0.25) is 0 Å². The lowest BCUT2D eigenvalue weighted by molar-refractivity contribution is 0.0986. The average Bonchev–Trinajstić information content (AvgIpc) is 2.73. The molecule has 0 radical (unpaired) electrons. The highest BCUT2D eigenvalue weighted by molar-refractivity contribution is 8.00. The van der Waals surface area contributed by atoms with Crippen molar-refractivity contribution in [2.45, 2.75) is 30.1 Å². The SMILES string of the molecule is COCc1ccc(C(=O)N2CCC(C)Sc3ccccc32)cc1. The molecule has 4 heteroatoms. The predicted octanol–water partition coefficient (Wildman–Crippen LogP) is 4.36. The number of nitrogens with zero attached hydrogens (tertiary/aromatic N) is 1. The third kappa shape index (κ3) is 3.59. The molecule has 1 aliphatic rings. The molecule has 23 heavy (non-hydrogen) atoms. The number of ether oxygens (including phenoxy) is 1. The molecule has 1 aliphatic heterocycles. The molecule has 2 aromatic rings. The van der Waals surface area contributed by atoms with Gasteiger partial charge in [-0.05, 0) is 36.2 Å². The van der Waals surface area contributed by atoms with Gasteiger partial charge < -0.3 is 9.64 Å². The summed E-state index contributed by atoms with van der Waals surface area (Å²) >= 11 is 1.85. The van der Waals surface area contributed by atoms with Gasteiger partial charge in [0.2, 0.25) is 0 Å². The topological polar surface area (TPSA) is 29.5 Å². The van der Waals surface area contributed by atoms with Crippen LogP contribution < -0.4 is 4.90 Å². The first-order chi connectivity index (χ1) is 11.2. The number of amides is 1. The monoisotopic (exact) mass is 327 g/mol. The number of carbonyl (C=O) groups is 1. The number of rotatable bonds is 3. The maximum absolute atomic E-state index is 13.0. The molecular weight excluding hydrogens is 306 g/mol. The van der Waals surface area contributed by atoms with E-state index in [1.165, 1.54) is 4.90 Å². The van der Waals surface area contributed by atoms with Gasteiger partial charge in [-0.2, -0.15) is 0 Å². The van der Waals surface area contributed by atoms with Crippen molar-refractivity contribution in [3.8, 4) is 0 Å². The molecule has 0 spiro atoms. The molecular formula is C19H21NO2S. The summed E-state index contributed by atoms with van der Waals surface area (Å²) in [6.45, 7) is 3.54. The molecule has 0 aliphatic carbocycles. The molecule has 1 atom stereocenters. The van der Waals surface area contributed by atoms with Gasteiger partial charge in [0, 0.05) is 29.4 Å². The summed E-state index contributed by atoms with van der Waals surface area (Å²) in [5, 5.41) is 0.512. The summed E-state index contributed by atoms with van der Waals surface area (Å²) in [5.41, 5.74) is 2.82. The van der Waals surface area contributed by atoms with Crippen LogP contribution in [0.5, 0.6) is 0 Å². The van der Waals surface area contributed by atoms with Crippen molar-refractivity contribution in [3.63, 3.8) is 0 Å². The summed E-state index contributed by atoms with van der Waals surface area (Å²) in [6, 6.07) is 15.9. The molecule has 0 aromatic heterocycles. The van der Waals surface area contributed by atoms with Crippen molar-refractivity contribution in [1.82, 2.24) is 0 Å². The van der Waals surface area contributed by atoms with Gasteiger partial charge in [-0.15, -0.1) is 11.8 Å². The van der Waals surface area contributed by atoms with Crippen LogP contribution in [0, 0.1) is 0 Å². The molecule has 0 saturated heterocycles. The molecule has 1 heterocycles. The molecule has 3 rings (SSSR count). The lowest BCUT2D eigenvalue weighted by atomic mass is 10.1. The normalized spacial score (nSPS) is 17.5.